The smallest absolute Gasteiger partial charge is 0.262 e. The quantitative estimate of drug-likeness (QED) is 0.571. The Morgan fingerprint density at radius 3 is 2.84 bits per heavy atom. The van der Waals surface area contributed by atoms with Gasteiger partial charge in [-0.05, 0) is 37.6 Å². The number of hydrogen-bond acceptors (Lipinski definition) is 6. The van der Waals surface area contributed by atoms with E-state index in [2.05, 4.69) is 15.6 Å². The van der Waals surface area contributed by atoms with Crippen LogP contribution in [0.4, 0.5) is 11.4 Å². The minimum Gasteiger partial charge on any atom is -0.477 e. The van der Waals surface area contributed by atoms with E-state index >= 15 is 0 Å². The van der Waals surface area contributed by atoms with Crippen molar-refractivity contribution in [3.63, 3.8) is 0 Å². The van der Waals surface area contributed by atoms with E-state index in [1.807, 2.05) is 72.7 Å². The molecule has 0 aliphatic carbocycles. The summed E-state index contributed by atoms with van der Waals surface area (Å²) in [6, 6.07) is 15.1. The van der Waals surface area contributed by atoms with Gasteiger partial charge in [0.15, 0.2) is 6.10 Å². The van der Waals surface area contributed by atoms with Crippen LogP contribution in [0.2, 0.25) is 0 Å². The lowest BCUT2D eigenvalue weighted by molar-refractivity contribution is -0.128. The van der Waals surface area contributed by atoms with Crippen LogP contribution < -0.4 is 20.3 Å². The van der Waals surface area contributed by atoms with Crippen LogP contribution in [-0.4, -0.2) is 42.5 Å². The molecule has 166 valence electrons. The summed E-state index contributed by atoms with van der Waals surface area (Å²) in [5, 5.41) is 8.85. The number of fused-ring (bicyclic) bond motifs is 1. The lowest BCUT2D eigenvalue weighted by Gasteiger charge is -2.35. The van der Waals surface area contributed by atoms with Crippen LogP contribution in [-0.2, 0) is 9.59 Å². The van der Waals surface area contributed by atoms with Gasteiger partial charge in [-0.15, -0.1) is 11.3 Å². The first kappa shape index (κ1) is 21.8. The summed E-state index contributed by atoms with van der Waals surface area (Å²) in [4.78, 5) is 31.8. The number of ether oxygens (including phenoxy) is 1. The second kappa shape index (κ2) is 9.82. The highest BCUT2D eigenvalue weighted by atomic mass is 32.1. The highest BCUT2D eigenvalue weighted by Crippen LogP contribution is 2.33. The van der Waals surface area contributed by atoms with E-state index in [1.54, 1.807) is 11.3 Å². The fraction of sp³-hybridized carbons (Fsp3) is 0.292. The molecule has 0 saturated carbocycles. The highest BCUT2D eigenvalue weighted by molar-refractivity contribution is 7.09. The van der Waals surface area contributed by atoms with Crippen molar-refractivity contribution in [1.29, 1.82) is 0 Å². The number of nitrogens with zero attached hydrogens (tertiary/aromatic N) is 2. The van der Waals surface area contributed by atoms with Crippen LogP contribution in [0.25, 0.3) is 11.3 Å². The number of aryl methyl sites for hydroxylation is 1. The van der Waals surface area contributed by atoms with Crippen LogP contribution in [0.15, 0.2) is 53.9 Å². The van der Waals surface area contributed by atoms with Gasteiger partial charge in [-0.3, -0.25) is 9.59 Å². The molecule has 0 spiro atoms. The second-order valence-electron chi connectivity index (χ2n) is 7.63. The molecule has 0 saturated heterocycles. The lowest BCUT2D eigenvalue weighted by atomic mass is 10.1. The molecule has 4 rings (SSSR count). The number of benzene rings is 2. The summed E-state index contributed by atoms with van der Waals surface area (Å²) < 4.78 is 5.90. The van der Waals surface area contributed by atoms with Gasteiger partial charge in [-0.2, -0.15) is 0 Å². The molecule has 2 aromatic carbocycles. The Hall–Kier alpha value is -3.39. The number of nitrogens with one attached hydrogen (secondary N) is 2. The van der Waals surface area contributed by atoms with Gasteiger partial charge in [0.2, 0.25) is 5.91 Å². The summed E-state index contributed by atoms with van der Waals surface area (Å²) in [5.41, 5.74) is 3.36. The minimum atomic E-state index is -0.666. The molecule has 0 bridgehead atoms. The molecule has 1 atom stereocenters. The number of rotatable bonds is 7. The molecule has 3 aromatic rings. The monoisotopic (exact) mass is 450 g/mol. The number of amides is 2. The Labute approximate surface area is 191 Å². The maximum Gasteiger partial charge on any atom is 0.262 e. The number of carbonyl (C=O) groups is 2. The molecule has 2 amide bonds. The third kappa shape index (κ3) is 5.08. The predicted molar refractivity (Wildman–Crippen MR) is 127 cm³/mol. The van der Waals surface area contributed by atoms with Crippen molar-refractivity contribution in [2.75, 3.05) is 29.9 Å². The molecule has 2 N–H and O–H groups in total. The van der Waals surface area contributed by atoms with Gasteiger partial charge in [0, 0.05) is 23.2 Å². The summed E-state index contributed by atoms with van der Waals surface area (Å²) in [6.07, 6.45) is 0.182. The van der Waals surface area contributed by atoms with E-state index in [0.717, 1.165) is 28.4 Å². The molecule has 1 aliphatic heterocycles. The number of thiazole rings is 1. The SMILES string of the molecule is CCCNC(=O)[C@H]1CN(CC(=O)Nc2cccc(-c3csc(C)n3)c2)c2ccccc2O1. The second-order valence-corrected chi connectivity index (χ2v) is 8.69. The number of anilines is 2. The van der Waals surface area contributed by atoms with Crippen LogP contribution in [0.3, 0.4) is 0 Å². The zero-order valence-corrected chi connectivity index (χ0v) is 18.9. The maximum absolute atomic E-state index is 12.9. The summed E-state index contributed by atoms with van der Waals surface area (Å²) in [6.45, 7) is 4.97. The van der Waals surface area contributed by atoms with Gasteiger partial charge in [-0.1, -0.05) is 31.2 Å². The number of para-hydroxylation sites is 2. The lowest BCUT2D eigenvalue weighted by Crippen LogP contribution is -2.50. The Balaban J connectivity index is 1.46. The fourth-order valence-electron chi connectivity index (χ4n) is 3.58. The Bertz CT molecular complexity index is 1110. The largest absolute Gasteiger partial charge is 0.477 e. The first-order chi connectivity index (χ1) is 15.5. The zero-order chi connectivity index (χ0) is 22.5. The molecular formula is C24H26N4O3S. The van der Waals surface area contributed by atoms with Gasteiger partial charge in [0.25, 0.3) is 5.91 Å². The third-order valence-corrected chi connectivity index (χ3v) is 5.87. The Morgan fingerprint density at radius 2 is 2.06 bits per heavy atom. The van der Waals surface area contributed by atoms with Crippen molar-refractivity contribution in [1.82, 2.24) is 10.3 Å². The van der Waals surface area contributed by atoms with E-state index in [9.17, 15) is 9.59 Å². The highest BCUT2D eigenvalue weighted by Gasteiger charge is 2.31. The Morgan fingerprint density at radius 1 is 1.22 bits per heavy atom. The van der Waals surface area contributed by atoms with Gasteiger partial charge in [-0.25, -0.2) is 4.98 Å². The van der Waals surface area contributed by atoms with Gasteiger partial charge < -0.3 is 20.3 Å². The van der Waals surface area contributed by atoms with Gasteiger partial charge >= 0.3 is 0 Å². The van der Waals surface area contributed by atoms with Gasteiger partial charge in [0.05, 0.1) is 29.5 Å². The third-order valence-electron chi connectivity index (χ3n) is 5.10. The van der Waals surface area contributed by atoms with Crippen molar-refractivity contribution < 1.29 is 14.3 Å². The first-order valence-electron chi connectivity index (χ1n) is 10.6. The van der Waals surface area contributed by atoms with Crippen molar-refractivity contribution in [2.24, 2.45) is 0 Å². The van der Waals surface area contributed by atoms with E-state index in [-0.39, 0.29) is 18.4 Å². The average molecular weight is 451 g/mol. The minimum absolute atomic E-state index is 0.109. The molecule has 1 aliphatic rings. The molecule has 0 radical (unpaired) electrons. The summed E-state index contributed by atoms with van der Waals surface area (Å²) in [5.74, 6) is 0.267. The van der Waals surface area contributed by atoms with Crippen molar-refractivity contribution in [2.45, 2.75) is 26.4 Å². The zero-order valence-electron chi connectivity index (χ0n) is 18.1. The van der Waals surface area contributed by atoms with Crippen molar-refractivity contribution in [3.8, 4) is 17.0 Å². The normalized spacial score (nSPS) is 14.9. The molecule has 0 unspecified atom stereocenters. The molecule has 0 fully saturated rings. The van der Waals surface area contributed by atoms with E-state index < -0.39 is 6.10 Å². The van der Waals surface area contributed by atoms with E-state index in [0.29, 0.717) is 24.5 Å². The summed E-state index contributed by atoms with van der Waals surface area (Å²) in [7, 11) is 0. The van der Waals surface area contributed by atoms with Crippen LogP contribution in [0.5, 0.6) is 5.75 Å². The molecule has 32 heavy (non-hydrogen) atoms. The number of aromatic nitrogens is 1. The van der Waals surface area contributed by atoms with Crippen molar-refractivity contribution >= 4 is 34.5 Å². The van der Waals surface area contributed by atoms with Gasteiger partial charge in [0.1, 0.15) is 5.75 Å². The first-order valence-corrected chi connectivity index (χ1v) is 11.5. The summed E-state index contributed by atoms with van der Waals surface area (Å²) >= 11 is 1.59. The molecule has 2 heterocycles. The van der Waals surface area contributed by atoms with E-state index in [4.69, 9.17) is 4.74 Å². The topological polar surface area (TPSA) is 83.6 Å². The fourth-order valence-corrected chi connectivity index (χ4v) is 4.20. The number of hydrogen-bond donors (Lipinski definition) is 2. The molecule has 8 heteroatoms. The molecule has 1 aromatic heterocycles. The van der Waals surface area contributed by atoms with Crippen LogP contribution in [0.1, 0.15) is 18.4 Å². The van der Waals surface area contributed by atoms with Crippen LogP contribution >= 0.6 is 11.3 Å². The van der Waals surface area contributed by atoms with Crippen molar-refractivity contribution in [3.05, 3.63) is 58.9 Å². The Kier molecular flexibility index (Phi) is 6.70. The standard InChI is InChI=1S/C24H26N4O3S/c1-3-11-25-24(30)22-13-28(20-9-4-5-10-21(20)31-22)14-23(29)27-18-8-6-7-17(12-18)19-15-32-16(2)26-19/h4-10,12,15,22H,3,11,13-14H2,1-2H3,(H,25,30)(H,27,29)/t22-/m1/s1. The number of carbonyl (C=O) groups excluding carboxylic acids is 2. The van der Waals surface area contributed by atoms with E-state index in [1.165, 1.54) is 0 Å². The maximum atomic E-state index is 12.9. The molecular weight excluding hydrogens is 424 g/mol. The van der Waals surface area contributed by atoms with Crippen LogP contribution in [0, 0.1) is 6.92 Å². The average Bonchev–Trinajstić information content (AvgIpc) is 3.24. The predicted octanol–water partition coefficient (Wildman–Crippen LogP) is 3.85. The molecule has 7 nitrogen and oxygen atoms in total.